The Morgan fingerprint density at radius 1 is 0.716 bits per heavy atom. The second-order valence-electron chi connectivity index (χ2n) is 17.3. The maximum absolute atomic E-state index is 15.4. The summed E-state index contributed by atoms with van der Waals surface area (Å²) >= 11 is -1.02. The van der Waals surface area contributed by atoms with Gasteiger partial charge in [-0.05, 0) is 0 Å². The molecule has 388 valence electrons. The van der Waals surface area contributed by atoms with E-state index in [-0.39, 0.29) is 42.3 Å². The van der Waals surface area contributed by atoms with Gasteiger partial charge in [-0.25, -0.2) is 0 Å². The van der Waals surface area contributed by atoms with Crippen LogP contribution in [0.5, 0.6) is 17.2 Å². The van der Waals surface area contributed by atoms with Gasteiger partial charge in [0.1, 0.15) is 0 Å². The van der Waals surface area contributed by atoms with E-state index in [1.54, 1.807) is 51.5 Å². The Hall–Kier alpha value is -6.85. The van der Waals surface area contributed by atoms with Gasteiger partial charge in [-0.15, -0.1) is 0 Å². The second kappa shape index (κ2) is 24.0. The van der Waals surface area contributed by atoms with Crippen molar-refractivity contribution in [1.29, 1.82) is 5.26 Å². The Balaban J connectivity index is 1.13. The number of benzene rings is 4. The summed E-state index contributed by atoms with van der Waals surface area (Å²) < 4.78 is 73.4. The summed E-state index contributed by atoms with van der Waals surface area (Å²) in [7, 11) is 3.14. The average molecular weight is 1100 g/mol. The Morgan fingerprint density at radius 3 is 1.74 bits per heavy atom. The molecule has 1 unspecified atom stereocenters. The van der Waals surface area contributed by atoms with Crippen LogP contribution in [0.1, 0.15) is 59.5 Å². The summed E-state index contributed by atoms with van der Waals surface area (Å²) in [6.45, 7) is 1.87. The van der Waals surface area contributed by atoms with E-state index < -0.39 is 105 Å². The van der Waals surface area contributed by atoms with Crippen LogP contribution in [0.15, 0.2) is 141 Å². The third-order valence-corrected chi connectivity index (χ3v) is 18.7. The van der Waals surface area contributed by atoms with E-state index in [4.69, 9.17) is 42.2 Å². The van der Waals surface area contributed by atoms with Gasteiger partial charge in [-0.3, -0.25) is 0 Å². The number of nitriles is 1. The molecule has 74 heavy (non-hydrogen) atoms. The Morgan fingerprint density at radius 2 is 1.22 bits per heavy atom. The third kappa shape index (κ3) is 12.4. The number of nitrogens with zero attached hydrogens (tertiary/aromatic N) is 3. The number of methoxy groups -OCH3 is 2. The number of aryl methyl sites for hydroxylation is 2. The van der Waals surface area contributed by atoms with Crippen molar-refractivity contribution in [1.82, 2.24) is 19.1 Å². The fourth-order valence-electron chi connectivity index (χ4n) is 8.65. The van der Waals surface area contributed by atoms with Crippen LogP contribution in [0.2, 0.25) is 5.32 Å². The van der Waals surface area contributed by atoms with Gasteiger partial charge in [0.25, 0.3) is 0 Å². The van der Waals surface area contributed by atoms with Crippen LogP contribution in [0.3, 0.4) is 0 Å². The summed E-state index contributed by atoms with van der Waals surface area (Å²) in [5.74, 6) is 0.873. The van der Waals surface area contributed by atoms with Crippen LogP contribution in [0, 0.1) is 25.2 Å². The summed E-state index contributed by atoms with van der Waals surface area (Å²) in [4.78, 5) is 69.2. The van der Waals surface area contributed by atoms with Crippen molar-refractivity contribution in [2.75, 3.05) is 34.0 Å². The fraction of sp³-hybridized carbons (Fsp3) is 0.346. The topological polar surface area (TPSA) is 251 Å². The summed E-state index contributed by atoms with van der Waals surface area (Å²) in [5, 5.41) is 9.73. The predicted molar refractivity (Wildman–Crippen MR) is 268 cm³/mol. The van der Waals surface area contributed by atoms with Gasteiger partial charge in [-0.1, -0.05) is 6.07 Å². The molecule has 2 aliphatic rings. The molecule has 2 aromatic heterocycles. The predicted octanol–water partition coefficient (Wildman–Crippen LogP) is 5.84. The van der Waals surface area contributed by atoms with Crippen LogP contribution in [-0.2, 0) is 43.0 Å². The molecule has 20 nitrogen and oxygen atoms in total. The Labute approximate surface area is 430 Å². The Bertz CT molecular complexity index is 3170. The molecule has 2 fully saturated rings. The molecule has 2 saturated heterocycles. The van der Waals surface area contributed by atoms with Crippen molar-refractivity contribution in [2.45, 2.75) is 80.9 Å². The minimum absolute atomic E-state index is 0.0144. The van der Waals surface area contributed by atoms with Crippen LogP contribution >= 0.6 is 6.29 Å². The van der Waals surface area contributed by atoms with Gasteiger partial charge in [0, 0.05) is 0 Å². The maximum atomic E-state index is 15.4. The molecule has 6 aromatic rings. The van der Waals surface area contributed by atoms with Crippen molar-refractivity contribution in [3.8, 4) is 23.3 Å². The number of aromatic amines is 2. The van der Waals surface area contributed by atoms with Crippen LogP contribution < -0.4 is 36.7 Å². The minimum atomic E-state index is -4.28. The van der Waals surface area contributed by atoms with Crippen molar-refractivity contribution < 1.29 is 51.6 Å². The number of H-pyrrole nitrogens is 2. The van der Waals surface area contributed by atoms with E-state index in [0.29, 0.717) is 28.4 Å². The van der Waals surface area contributed by atoms with Crippen LogP contribution in [0.4, 0.5) is 0 Å². The molecule has 0 amide bonds. The van der Waals surface area contributed by atoms with E-state index in [1.165, 1.54) is 28.5 Å². The van der Waals surface area contributed by atoms with Gasteiger partial charge in [0.05, 0.1) is 14.2 Å². The van der Waals surface area contributed by atoms with Gasteiger partial charge in [-0.2, -0.15) is 0 Å². The number of ether oxygens (including phenoxy) is 7. The van der Waals surface area contributed by atoms with Gasteiger partial charge in [0.2, 0.25) is 0 Å². The monoisotopic (exact) mass is 1100 g/mol. The van der Waals surface area contributed by atoms with Crippen molar-refractivity contribution in [3.05, 3.63) is 191 Å². The zero-order valence-corrected chi connectivity index (χ0v) is 43.4. The molecular formula is C52H54N5O15PSe. The first kappa shape index (κ1) is 53.4. The molecule has 0 bridgehead atoms. The number of nitrogens with one attached hydrogen (secondary N) is 2. The number of rotatable bonds is 22. The molecular weight excluding hydrogens is 1040 g/mol. The molecule has 8 rings (SSSR count). The number of carbonyl (C=O) groups excluding carboxylic acids is 1. The second-order valence-corrected chi connectivity index (χ2v) is 24.2. The zero-order chi connectivity index (χ0) is 52.4. The van der Waals surface area contributed by atoms with E-state index in [2.05, 4.69) is 16.0 Å². The van der Waals surface area contributed by atoms with Crippen LogP contribution in [0.25, 0.3) is 0 Å². The quantitative estimate of drug-likeness (QED) is 0.0266. The molecule has 0 radical (unpaired) electrons. The molecule has 2 N–H and O–H groups in total. The number of esters is 1. The molecule has 22 heteroatoms. The standard InChI is InChI=1S/C52H54N5O15PSe/c1-33-28-56(50(61)54-48(33)59)45-26-41(71-47(58)32-66-40-14-9-6-10-15-40)44(70-45)31-68-73(63,74-25-11-24-53)72-42-27-46(57-29-34(2)49(60)55-51(57)62)69-43(42)30-67-52(35-12-7-5-8-13-35,36-16-20-38(64-3)21-17-36)37-18-22-39(65-4)23-19-37/h5-10,12-23,28-29,41-46H,11,25-27,30-32H2,1-4H3,(H,54,59,61)(H,55,60,62)/t41-,42-,43+,44+,45+,46+,73?/m0/s1. The molecule has 7 atom stereocenters. The third-order valence-electron chi connectivity index (χ3n) is 12.4. The normalized spacial score (nSPS) is 20.3. The number of carbonyl (C=O) groups is 1. The van der Waals surface area contributed by atoms with Crippen molar-refractivity contribution in [2.24, 2.45) is 0 Å². The SMILES string of the molecule is COc1ccc(C(OC[C@H]2O[C@@H](n3cc(C)c(=O)[nH]c3=O)C[C@@H]2OP(=O)(OC[C@H]2O[C@@H](n3cc(C)c(=O)[nH]c3=O)C[C@@H]2OC(=O)COc2ccccc2)[Se]CCC#N)(c2ccccc2)c2ccc(OC)cc2)cc1. The summed E-state index contributed by atoms with van der Waals surface area (Å²) in [6, 6.07) is 35.0. The van der Waals surface area contributed by atoms with E-state index in [9.17, 15) is 29.2 Å². The first-order valence-corrected chi connectivity index (χ1v) is 28.4. The number of hydrogen-bond donors (Lipinski definition) is 2. The van der Waals surface area contributed by atoms with E-state index in [1.807, 2.05) is 78.9 Å². The first-order valence-electron chi connectivity index (χ1n) is 23.5. The molecule has 0 aliphatic carbocycles. The van der Waals surface area contributed by atoms with Gasteiger partial charge in [0.15, 0.2) is 0 Å². The Kier molecular flexibility index (Phi) is 17.3. The number of para-hydroxylation sites is 1. The first-order chi connectivity index (χ1) is 35.7. The molecule has 0 spiro atoms. The van der Waals surface area contributed by atoms with Crippen molar-refractivity contribution in [3.63, 3.8) is 0 Å². The number of hydrogen-bond acceptors (Lipinski definition) is 16. The molecule has 0 saturated carbocycles. The zero-order valence-electron chi connectivity index (χ0n) is 40.8. The molecule has 2 aliphatic heterocycles. The number of aromatic nitrogens is 4. The fourth-order valence-corrected chi connectivity index (χ4v) is 14.2. The van der Waals surface area contributed by atoms with E-state index >= 15 is 4.57 Å². The summed E-state index contributed by atoms with van der Waals surface area (Å²) in [6.07, 6.45) is -8.24. The van der Waals surface area contributed by atoms with Gasteiger partial charge >= 0.3 is 412 Å². The van der Waals surface area contributed by atoms with Crippen molar-refractivity contribution >= 4 is 26.8 Å². The van der Waals surface area contributed by atoms with E-state index in [0.717, 1.165) is 5.56 Å². The summed E-state index contributed by atoms with van der Waals surface area (Å²) in [5.41, 5.74) is -1.42. The van der Waals surface area contributed by atoms with Crippen LogP contribution in [-0.4, -0.2) is 98.0 Å². The molecule has 4 aromatic carbocycles. The molecule has 4 heterocycles. The average Bonchev–Trinajstić information content (AvgIpc) is 4.01. The van der Waals surface area contributed by atoms with Gasteiger partial charge < -0.3 is 0 Å².